The van der Waals surface area contributed by atoms with Gasteiger partial charge in [-0.1, -0.05) is 22.0 Å². The van der Waals surface area contributed by atoms with Crippen molar-refractivity contribution in [3.8, 4) is 23.3 Å². The molecule has 0 heterocycles. The summed E-state index contributed by atoms with van der Waals surface area (Å²) in [5.41, 5.74) is 6.13. The number of halogens is 1. The van der Waals surface area contributed by atoms with E-state index < -0.39 is 11.9 Å². The molecule has 0 bridgehead atoms. The van der Waals surface area contributed by atoms with Gasteiger partial charge in [0.25, 0.3) is 5.91 Å². The number of hydrogen-bond donors (Lipinski definition) is 1. The van der Waals surface area contributed by atoms with Crippen LogP contribution in [0.3, 0.4) is 0 Å². The molecule has 2 N–H and O–H groups in total. The lowest BCUT2D eigenvalue weighted by Gasteiger charge is -2.09. The fraction of sp³-hybridized carbons (Fsp3) is 0.136. The van der Waals surface area contributed by atoms with E-state index in [1.807, 2.05) is 19.1 Å². The summed E-state index contributed by atoms with van der Waals surface area (Å²) in [6.07, 6.45) is 4.19. The predicted octanol–water partition coefficient (Wildman–Crippen LogP) is 3.87. The molecule has 0 aromatic heterocycles. The maximum absolute atomic E-state index is 12.3. The molecule has 0 saturated heterocycles. The van der Waals surface area contributed by atoms with Crippen molar-refractivity contribution in [1.82, 2.24) is 0 Å². The highest BCUT2D eigenvalue weighted by Gasteiger charge is 2.11. The van der Waals surface area contributed by atoms with Gasteiger partial charge in [-0.2, -0.15) is 5.26 Å². The summed E-state index contributed by atoms with van der Waals surface area (Å²) in [5, 5.41) is 8.94. The zero-order chi connectivity index (χ0) is 22.1. The number of ether oxygens (including phenoxy) is 3. The highest BCUT2D eigenvalue weighted by Crippen LogP contribution is 2.29. The molecule has 2 rings (SSSR count). The summed E-state index contributed by atoms with van der Waals surface area (Å²) in [6.45, 7) is 2.37. The van der Waals surface area contributed by atoms with Crippen molar-refractivity contribution in [2.24, 2.45) is 5.73 Å². The second-order valence-corrected chi connectivity index (χ2v) is 6.73. The van der Waals surface area contributed by atoms with Gasteiger partial charge in [-0.15, -0.1) is 0 Å². The smallest absolute Gasteiger partial charge is 0.336 e. The summed E-state index contributed by atoms with van der Waals surface area (Å²) in [5.74, 6) is -0.378. The molecule has 1 amide bonds. The molecule has 0 aliphatic carbocycles. The number of carbonyl (C=O) groups is 2. The van der Waals surface area contributed by atoms with Crippen LogP contribution in [0.5, 0.6) is 17.2 Å². The third-order valence-electron chi connectivity index (χ3n) is 3.77. The molecule has 0 unspecified atom stereocenters. The third kappa shape index (κ3) is 6.22. The largest absolute Gasteiger partial charge is 0.493 e. The highest BCUT2D eigenvalue weighted by atomic mass is 79.9. The minimum absolute atomic E-state index is 0.182. The average molecular weight is 471 g/mol. The number of benzene rings is 2. The topological polar surface area (TPSA) is 112 Å². The van der Waals surface area contributed by atoms with E-state index in [-0.39, 0.29) is 17.1 Å². The Balaban J connectivity index is 2.21. The van der Waals surface area contributed by atoms with Gasteiger partial charge in [-0.3, -0.25) is 4.79 Å². The van der Waals surface area contributed by atoms with Crippen LogP contribution in [0, 0.1) is 11.3 Å². The summed E-state index contributed by atoms with van der Waals surface area (Å²) in [4.78, 5) is 23.5. The van der Waals surface area contributed by atoms with Crippen LogP contribution in [0.4, 0.5) is 0 Å². The summed E-state index contributed by atoms with van der Waals surface area (Å²) in [7, 11) is 1.41. The van der Waals surface area contributed by atoms with Crippen LogP contribution < -0.4 is 19.9 Å². The van der Waals surface area contributed by atoms with Gasteiger partial charge in [0.05, 0.1) is 13.7 Å². The van der Waals surface area contributed by atoms with Gasteiger partial charge in [0, 0.05) is 16.1 Å². The molecule has 0 fully saturated rings. The normalized spacial score (nSPS) is 11.1. The van der Waals surface area contributed by atoms with E-state index in [0.29, 0.717) is 23.5 Å². The van der Waals surface area contributed by atoms with E-state index in [4.69, 9.17) is 25.2 Å². The maximum atomic E-state index is 12.3. The molecule has 2 aromatic carbocycles. The van der Waals surface area contributed by atoms with E-state index in [1.54, 1.807) is 24.3 Å². The fourth-order valence-corrected chi connectivity index (χ4v) is 2.80. The highest BCUT2D eigenvalue weighted by molar-refractivity contribution is 9.10. The van der Waals surface area contributed by atoms with Crippen molar-refractivity contribution in [2.45, 2.75) is 6.92 Å². The van der Waals surface area contributed by atoms with Gasteiger partial charge in [0.15, 0.2) is 11.5 Å². The number of hydrogen-bond acceptors (Lipinski definition) is 6. The first kappa shape index (κ1) is 22.7. The van der Waals surface area contributed by atoms with Crippen molar-refractivity contribution in [1.29, 1.82) is 5.26 Å². The Morgan fingerprint density at radius 1 is 1.17 bits per heavy atom. The van der Waals surface area contributed by atoms with E-state index in [2.05, 4.69) is 15.9 Å². The van der Waals surface area contributed by atoms with Crippen LogP contribution in [-0.2, 0) is 9.59 Å². The van der Waals surface area contributed by atoms with Crippen LogP contribution >= 0.6 is 15.9 Å². The van der Waals surface area contributed by atoms with Gasteiger partial charge in [0.2, 0.25) is 0 Å². The Hall–Kier alpha value is -3.57. The van der Waals surface area contributed by atoms with Crippen LogP contribution in [0.25, 0.3) is 12.2 Å². The SMILES string of the molecule is CCOc1ccc(Br)cc1/C=C/C(=O)Oc1ccc(/C=C(\C#N)C(N)=O)cc1OC. The number of esters is 1. The Labute approximate surface area is 182 Å². The molecule has 8 heteroatoms. The first-order valence-electron chi connectivity index (χ1n) is 8.79. The van der Waals surface area contributed by atoms with E-state index in [1.165, 1.54) is 31.4 Å². The lowest BCUT2D eigenvalue weighted by Crippen LogP contribution is -2.12. The second-order valence-electron chi connectivity index (χ2n) is 5.81. The molecular formula is C22H19BrN2O5. The Morgan fingerprint density at radius 2 is 1.90 bits per heavy atom. The summed E-state index contributed by atoms with van der Waals surface area (Å²) in [6, 6.07) is 11.8. The van der Waals surface area contributed by atoms with Crippen LogP contribution in [0.2, 0.25) is 0 Å². The van der Waals surface area contributed by atoms with Crippen LogP contribution in [0.15, 0.2) is 52.5 Å². The molecule has 0 atom stereocenters. The van der Waals surface area contributed by atoms with Crippen LogP contribution in [0.1, 0.15) is 18.1 Å². The Bertz CT molecular complexity index is 1050. The molecule has 0 spiro atoms. The maximum Gasteiger partial charge on any atom is 0.336 e. The first-order chi connectivity index (χ1) is 14.4. The standard InChI is InChI=1S/C22H19BrN2O5/c1-3-29-18-8-6-17(23)12-15(18)5-9-21(26)30-19-7-4-14(11-20(19)28-2)10-16(13-24)22(25)27/h4-12H,3H2,1-2H3,(H2,25,27)/b9-5+,16-10+. The van der Waals surface area contributed by atoms with Gasteiger partial charge in [-0.05, 0) is 55.0 Å². The van der Waals surface area contributed by atoms with E-state index in [9.17, 15) is 9.59 Å². The average Bonchev–Trinajstić information content (AvgIpc) is 2.72. The minimum Gasteiger partial charge on any atom is -0.493 e. The number of nitrogens with zero attached hydrogens (tertiary/aromatic N) is 1. The number of primary amides is 1. The number of nitriles is 1. The molecule has 0 aliphatic rings. The van der Waals surface area contributed by atoms with Crippen molar-refractivity contribution < 1.29 is 23.8 Å². The number of nitrogens with two attached hydrogens (primary N) is 1. The molecule has 0 radical (unpaired) electrons. The monoisotopic (exact) mass is 470 g/mol. The minimum atomic E-state index is -0.837. The lowest BCUT2D eigenvalue weighted by molar-refractivity contribution is -0.129. The van der Waals surface area contributed by atoms with Crippen molar-refractivity contribution in [2.75, 3.05) is 13.7 Å². The molecule has 0 saturated carbocycles. The first-order valence-corrected chi connectivity index (χ1v) is 9.59. The Morgan fingerprint density at radius 3 is 2.53 bits per heavy atom. The molecular weight excluding hydrogens is 452 g/mol. The summed E-state index contributed by atoms with van der Waals surface area (Å²) >= 11 is 3.39. The van der Waals surface area contributed by atoms with Crippen molar-refractivity contribution >= 4 is 40.0 Å². The number of carbonyl (C=O) groups excluding carboxylic acids is 2. The second kappa shape index (κ2) is 10.8. The zero-order valence-electron chi connectivity index (χ0n) is 16.3. The number of methoxy groups -OCH3 is 1. The van der Waals surface area contributed by atoms with Gasteiger partial charge < -0.3 is 19.9 Å². The molecule has 7 nitrogen and oxygen atoms in total. The van der Waals surface area contributed by atoms with Gasteiger partial charge in [0.1, 0.15) is 17.4 Å². The summed E-state index contributed by atoms with van der Waals surface area (Å²) < 4.78 is 17.0. The zero-order valence-corrected chi connectivity index (χ0v) is 17.9. The van der Waals surface area contributed by atoms with Gasteiger partial charge in [-0.25, -0.2) is 4.79 Å². The van der Waals surface area contributed by atoms with E-state index >= 15 is 0 Å². The number of rotatable bonds is 8. The lowest BCUT2D eigenvalue weighted by atomic mass is 10.1. The number of amides is 1. The molecule has 154 valence electrons. The third-order valence-corrected chi connectivity index (χ3v) is 4.26. The molecule has 2 aromatic rings. The predicted molar refractivity (Wildman–Crippen MR) is 116 cm³/mol. The van der Waals surface area contributed by atoms with Gasteiger partial charge >= 0.3 is 5.97 Å². The molecule has 0 aliphatic heterocycles. The van der Waals surface area contributed by atoms with Crippen molar-refractivity contribution in [3.05, 3.63) is 63.6 Å². The Kier molecular flexibility index (Phi) is 8.20. The van der Waals surface area contributed by atoms with E-state index in [0.717, 1.165) is 4.47 Å². The molecule has 30 heavy (non-hydrogen) atoms. The van der Waals surface area contributed by atoms with Crippen LogP contribution in [-0.4, -0.2) is 25.6 Å². The van der Waals surface area contributed by atoms with Crippen molar-refractivity contribution in [3.63, 3.8) is 0 Å². The quantitative estimate of drug-likeness (QED) is 0.271. The fourth-order valence-electron chi connectivity index (χ4n) is 2.42.